The summed E-state index contributed by atoms with van der Waals surface area (Å²) in [5.74, 6) is 0.681. The summed E-state index contributed by atoms with van der Waals surface area (Å²) >= 11 is 0. The Morgan fingerprint density at radius 2 is 2.31 bits per heavy atom. The van der Waals surface area contributed by atoms with Gasteiger partial charge in [0.2, 0.25) is 5.91 Å². The van der Waals surface area contributed by atoms with Gasteiger partial charge >= 0.3 is 0 Å². The molecule has 0 aromatic carbocycles. The molecule has 76 valence electrons. The van der Waals surface area contributed by atoms with E-state index < -0.39 is 0 Å². The number of hydrogen-bond acceptors (Lipinski definition) is 2. The lowest BCUT2D eigenvalue weighted by Gasteiger charge is -2.27. The van der Waals surface area contributed by atoms with Gasteiger partial charge < -0.3 is 10.1 Å². The van der Waals surface area contributed by atoms with Crippen molar-refractivity contribution in [1.82, 2.24) is 5.32 Å². The molecule has 1 fully saturated rings. The molecular weight excluding hydrogens is 166 g/mol. The summed E-state index contributed by atoms with van der Waals surface area (Å²) in [6, 6.07) is 0. The highest BCUT2D eigenvalue weighted by atomic mass is 16.5. The summed E-state index contributed by atoms with van der Waals surface area (Å²) in [4.78, 5) is 11.1. The predicted octanol–water partition coefficient (Wildman–Crippen LogP) is 1.33. The van der Waals surface area contributed by atoms with E-state index in [2.05, 4.69) is 5.32 Å². The molecule has 0 saturated heterocycles. The summed E-state index contributed by atoms with van der Waals surface area (Å²) in [6.45, 7) is 0. The zero-order chi connectivity index (χ0) is 9.68. The summed E-state index contributed by atoms with van der Waals surface area (Å²) in [7, 11) is 3.45. The molecule has 13 heavy (non-hydrogen) atoms. The van der Waals surface area contributed by atoms with E-state index in [1.165, 1.54) is 12.8 Å². The molecule has 1 rings (SSSR count). The fourth-order valence-electron chi connectivity index (χ4n) is 2.01. The van der Waals surface area contributed by atoms with Crippen LogP contribution >= 0.6 is 0 Å². The molecule has 2 unspecified atom stereocenters. The third-order valence-corrected chi connectivity index (χ3v) is 2.82. The zero-order valence-corrected chi connectivity index (χ0v) is 8.51. The number of methoxy groups -OCH3 is 1. The molecule has 0 spiro atoms. The third-order valence-electron chi connectivity index (χ3n) is 2.82. The molecule has 1 saturated carbocycles. The van der Waals surface area contributed by atoms with Crippen LogP contribution in [0.15, 0.2) is 0 Å². The van der Waals surface area contributed by atoms with Crippen LogP contribution in [0.4, 0.5) is 0 Å². The van der Waals surface area contributed by atoms with Gasteiger partial charge in [-0.2, -0.15) is 0 Å². The van der Waals surface area contributed by atoms with Crippen LogP contribution in [0.5, 0.6) is 0 Å². The van der Waals surface area contributed by atoms with Gasteiger partial charge in [0.1, 0.15) is 0 Å². The second kappa shape index (κ2) is 5.22. The molecular formula is C10H19NO2. The molecule has 1 amide bonds. The molecule has 3 heteroatoms. The second-order valence-electron chi connectivity index (χ2n) is 3.77. The Kier molecular flexibility index (Phi) is 4.22. The Labute approximate surface area is 79.8 Å². The fraction of sp³-hybridized carbons (Fsp3) is 0.900. The highest BCUT2D eigenvalue weighted by Gasteiger charge is 2.23. The van der Waals surface area contributed by atoms with E-state index in [4.69, 9.17) is 4.74 Å². The standard InChI is InChI=1S/C10H19NO2/c1-11-10(12)7-8-4-3-5-9(6-8)13-2/h8-9H,3-7H2,1-2H3,(H,11,12). The van der Waals surface area contributed by atoms with Crippen molar-refractivity contribution < 1.29 is 9.53 Å². The molecule has 0 aliphatic heterocycles. The molecule has 2 atom stereocenters. The molecule has 0 radical (unpaired) electrons. The van der Waals surface area contributed by atoms with Crippen LogP contribution in [-0.4, -0.2) is 26.2 Å². The topological polar surface area (TPSA) is 38.3 Å². The quantitative estimate of drug-likeness (QED) is 0.720. The maximum Gasteiger partial charge on any atom is 0.220 e. The average Bonchev–Trinajstić information content (AvgIpc) is 2.18. The van der Waals surface area contributed by atoms with Crippen molar-refractivity contribution in [3.8, 4) is 0 Å². The first-order chi connectivity index (χ1) is 6.26. The van der Waals surface area contributed by atoms with Crippen molar-refractivity contribution in [2.75, 3.05) is 14.2 Å². The normalized spacial score (nSPS) is 28.5. The second-order valence-corrected chi connectivity index (χ2v) is 3.77. The molecule has 1 aliphatic rings. The lowest BCUT2D eigenvalue weighted by Crippen LogP contribution is -2.27. The number of amides is 1. The minimum absolute atomic E-state index is 0.154. The molecule has 1 N–H and O–H groups in total. The first kappa shape index (κ1) is 10.5. The number of carbonyl (C=O) groups excluding carboxylic acids is 1. The van der Waals surface area contributed by atoms with Crippen LogP contribution in [0.25, 0.3) is 0 Å². The van der Waals surface area contributed by atoms with E-state index in [0.717, 1.165) is 12.8 Å². The van der Waals surface area contributed by atoms with Crippen molar-refractivity contribution in [2.45, 2.75) is 38.2 Å². The Morgan fingerprint density at radius 3 is 2.92 bits per heavy atom. The first-order valence-corrected chi connectivity index (χ1v) is 4.99. The van der Waals surface area contributed by atoms with E-state index >= 15 is 0 Å². The largest absolute Gasteiger partial charge is 0.381 e. The summed E-state index contributed by atoms with van der Waals surface area (Å²) < 4.78 is 5.30. The summed E-state index contributed by atoms with van der Waals surface area (Å²) in [5.41, 5.74) is 0. The lowest BCUT2D eigenvalue weighted by molar-refractivity contribution is -0.122. The number of rotatable bonds is 3. The summed E-state index contributed by atoms with van der Waals surface area (Å²) in [6.07, 6.45) is 5.61. The van der Waals surface area contributed by atoms with Gasteiger partial charge in [0.25, 0.3) is 0 Å². The van der Waals surface area contributed by atoms with Crippen LogP contribution < -0.4 is 5.32 Å². The van der Waals surface area contributed by atoms with E-state index in [-0.39, 0.29) is 5.91 Å². The Morgan fingerprint density at radius 1 is 1.54 bits per heavy atom. The Bertz CT molecular complexity index is 170. The number of hydrogen-bond donors (Lipinski definition) is 1. The van der Waals surface area contributed by atoms with E-state index in [9.17, 15) is 4.79 Å². The monoisotopic (exact) mass is 185 g/mol. The molecule has 3 nitrogen and oxygen atoms in total. The average molecular weight is 185 g/mol. The minimum atomic E-state index is 0.154. The van der Waals surface area contributed by atoms with Crippen molar-refractivity contribution >= 4 is 5.91 Å². The highest BCUT2D eigenvalue weighted by molar-refractivity contribution is 5.75. The molecule has 0 bridgehead atoms. The van der Waals surface area contributed by atoms with Crippen molar-refractivity contribution in [3.05, 3.63) is 0 Å². The minimum Gasteiger partial charge on any atom is -0.381 e. The Hall–Kier alpha value is -0.570. The lowest BCUT2D eigenvalue weighted by atomic mass is 9.85. The van der Waals surface area contributed by atoms with E-state index in [0.29, 0.717) is 18.4 Å². The fourth-order valence-corrected chi connectivity index (χ4v) is 2.01. The van der Waals surface area contributed by atoms with Crippen LogP contribution in [0.2, 0.25) is 0 Å². The van der Waals surface area contributed by atoms with Crippen LogP contribution in [0.1, 0.15) is 32.1 Å². The SMILES string of the molecule is CNC(=O)CC1CCCC(OC)C1. The number of carbonyl (C=O) groups is 1. The highest BCUT2D eigenvalue weighted by Crippen LogP contribution is 2.28. The maximum absolute atomic E-state index is 11.1. The van der Waals surface area contributed by atoms with Crippen molar-refractivity contribution in [3.63, 3.8) is 0 Å². The van der Waals surface area contributed by atoms with Gasteiger partial charge in [-0.15, -0.1) is 0 Å². The van der Waals surface area contributed by atoms with Crippen molar-refractivity contribution in [1.29, 1.82) is 0 Å². The van der Waals surface area contributed by atoms with Crippen molar-refractivity contribution in [2.24, 2.45) is 5.92 Å². The van der Waals surface area contributed by atoms with Gasteiger partial charge in [-0.25, -0.2) is 0 Å². The molecule has 0 aromatic heterocycles. The van der Waals surface area contributed by atoms with Gasteiger partial charge in [0, 0.05) is 20.6 Å². The van der Waals surface area contributed by atoms with Gasteiger partial charge in [-0.3, -0.25) is 4.79 Å². The van der Waals surface area contributed by atoms with Gasteiger partial charge in [0.05, 0.1) is 6.10 Å². The molecule has 0 heterocycles. The van der Waals surface area contributed by atoms with Crippen LogP contribution in [0.3, 0.4) is 0 Å². The first-order valence-electron chi connectivity index (χ1n) is 4.99. The molecule has 0 aromatic rings. The van der Waals surface area contributed by atoms with Gasteiger partial charge in [-0.1, -0.05) is 6.42 Å². The smallest absolute Gasteiger partial charge is 0.220 e. The van der Waals surface area contributed by atoms with Gasteiger partial charge in [-0.05, 0) is 25.2 Å². The van der Waals surface area contributed by atoms with Gasteiger partial charge in [0.15, 0.2) is 0 Å². The maximum atomic E-state index is 11.1. The number of ether oxygens (including phenoxy) is 1. The predicted molar refractivity (Wildman–Crippen MR) is 51.4 cm³/mol. The summed E-state index contributed by atoms with van der Waals surface area (Å²) in [5, 5.41) is 2.67. The third kappa shape index (κ3) is 3.35. The van der Waals surface area contributed by atoms with Crippen LogP contribution in [-0.2, 0) is 9.53 Å². The zero-order valence-electron chi connectivity index (χ0n) is 8.51. The van der Waals surface area contributed by atoms with E-state index in [1.54, 1.807) is 14.2 Å². The molecule has 1 aliphatic carbocycles. The van der Waals surface area contributed by atoms with E-state index in [1.807, 2.05) is 0 Å². The number of nitrogens with one attached hydrogen (secondary N) is 1. The Balaban J connectivity index is 2.29. The van der Waals surface area contributed by atoms with Crippen LogP contribution in [0, 0.1) is 5.92 Å².